The number of hydrogen-bond donors (Lipinski definition) is 1. The van der Waals surface area contributed by atoms with Gasteiger partial charge in [-0.2, -0.15) is 5.10 Å². The first-order valence-electron chi connectivity index (χ1n) is 7.83. The van der Waals surface area contributed by atoms with E-state index in [4.69, 9.17) is 9.57 Å². The summed E-state index contributed by atoms with van der Waals surface area (Å²) < 4.78 is 6.92. The van der Waals surface area contributed by atoms with Crippen LogP contribution < -0.4 is 5.32 Å². The molecule has 0 aliphatic carbocycles. The number of rotatable bonds is 4. The van der Waals surface area contributed by atoms with Crippen molar-refractivity contribution in [2.45, 2.75) is 58.8 Å². The largest absolute Gasteiger partial charge is 0.455 e. The van der Waals surface area contributed by atoms with Crippen molar-refractivity contribution < 1.29 is 19.2 Å². The van der Waals surface area contributed by atoms with Gasteiger partial charge in [0, 0.05) is 25.2 Å². The Morgan fingerprint density at radius 1 is 1.46 bits per heavy atom. The molecule has 0 fully saturated rings. The highest BCUT2D eigenvalue weighted by Gasteiger charge is 2.34. The third-order valence-electron chi connectivity index (χ3n) is 3.47. The Labute approximate surface area is 141 Å². The van der Waals surface area contributed by atoms with Crippen LogP contribution in [0.5, 0.6) is 0 Å². The molecular formula is C16H24N4O4. The molecule has 0 saturated heterocycles. The molecule has 132 valence electrons. The normalized spacial score (nSPS) is 18.6. The second kappa shape index (κ2) is 6.62. The zero-order valence-corrected chi connectivity index (χ0v) is 14.9. The summed E-state index contributed by atoms with van der Waals surface area (Å²) in [6.07, 6.45) is 1.13. The lowest BCUT2D eigenvalue weighted by molar-refractivity contribution is -0.146. The van der Waals surface area contributed by atoms with E-state index in [-0.39, 0.29) is 24.1 Å². The van der Waals surface area contributed by atoms with Gasteiger partial charge in [-0.1, -0.05) is 5.16 Å². The summed E-state index contributed by atoms with van der Waals surface area (Å²) in [4.78, 5) is 29.3. The molecule has 1 aliphatic rings. The van der Waals surface area contributed by atoms with E-state index in [0.717, 1.165) is 11.3 Å². The molecule has 24 heavy (non-hydrogen) atoms. The molecule has 8 heteroatoms. The van der Waals surface area contributed by atoms with Gasteiger partial charge < -0.3 is 14.9 Å². The highest BCUT2D eigenvalue weighted by Crippen LogP contribution is 2.19. The Hall–Kier alpha value is -2.38. The molecule has 0 unspecified atom stereocenters. The van der Waals surface area contributed by atoms with Crippen LogP contribution in [0.2, 0.25) is 0 Å². The van der Waals surface area contributed by atoms with Crippen LogP contribution in [0, 0.1) is 6.92 Å². The topological polar surface area (TPSA) is 94.8 Å². The average molecular weight is 336 g/mol. The van der Waals surface area contributed by atoms with E-state index in [1.807, 2.05) is 27.1 Å². The van der Waals surface area contributed by atoms with Crippen LogP contribution in [-0.4, -0.2) is 39.1 Å². The Morgan fingerprint density at radius 2 is 2.12 bits per heavy atom. The fraction of sp³-hybridized carbons (Fsp3) is 0.625. The number of esters is 1. The summed E-state index contributed by atoms with van der Waals surface area (Å²) in [5, 5.41) is 10.8. The molecule has 1 aromatic rings. The maximum atomic E-state index is 12.3. The summed E-state index contributed by atoms with van der Waals surface area (Å²) >= 11 is 0. The van der Waals surface area contributed by atoms with Gasteiger partial charge in [0.1, 0.15) is 5.60 Å². The minimum Gasteiger partial charge on any atom is -0.455 e. The highest BCUT2D eigenvalue weighted by molar-refractivity contribution is 6.37. The summed E-state index contributed by atoms with van der Waals surface area (Å²) in [6, 6.07) is -0.222. The van der Waals surface area contributed by atoms with Crippen LogP contribution >= 0.6 is 0 Å². The molecule has 0 saturated carbocycles. The van der Waals surface area contributed by atoms with Crippen LogP contribution in [0.15, 0.2) is 11.4 Å². The number of aromatic nitrogens is 2. The molecule has 2 heterocycles. The van der Waals surface area contributed by atoms with E-state index in [0.29, 0.717) is 0 Å². The number of oxime groups is 1. The molecule has 1 aliphatic heterocycles. The molecule has 1 aromatic heterocycles. The predicted octanol–water partition coefficient (Wildman–Crippen LogP) is 1.39. The van der Waals surface area contributed by atoms with Crippen molar-refractivity contribution in [3.05, 3.63) is 17.5 Å². The van der Waals surface area contributed by atoms with Crippen molar-refractivity contribution in [3.8, 4) is 0 Å². The summed E-state index contributed by atoms with van der Waals surface area (Å²) in [5.74, 6) is -0.887. The lowest BCUT2D eigenvalue weighted by atomic mass is 10.1. The van der Waals surface area contributed by atoms with Gasteiger partial charge in [0.2, 0.25) is 6.10 Å². The molecule has 8 nitrogen and oxygen atoms in total. The Balaban J connectivity index is 1.91. The molecule has 0 spiro atoms. The maximum Gasteiger partial charge on any atom is 0.356 e. The average Bonchev–Trinajstić information content (AvgIpc) is 3.03. The van der Waals surface area contributed by atoms with E-state index >= 15 is 0 Å². The first kappa shape index (κ1) is 18.0. The lowest BCUT2D eigenvalue weighted by Gasteiger charge is -2.19. The molecule has 0 aromatic carbocycles. The van der Waals surface area contributed by atoms with Crippen LogP contribution in [-0.2, 0) is 26.2 Å². The third kappa shape index (κ3) is 4.33. The quantitative estimate of drug-likeness (QED) is 0.839. The van der Waals surface area contributed by atoms with Crippen molar-refractivity contribution in [1.82, 2.24) is 15.1 Å². The van der Waals surface area contributed by atoms with E-state index < -0.39 is 17.7 Å². The van der Waals surface area contributed by atoms with Gasteiger partial charge in [-0.25, -0.2) is 4.79 Å². The Morgan fingerprint density at radius 3 is 2.67 bits per heavy atom. The number of amides is 1. The van der Waals surface area contributed by atoms with Crippen molar-refractivity contribution in [1.29, 1.82) is 0 Å². The molecule has 1 N–H and O–H groups in total. The Bertz CT molecular complexity index is 672. The number of carbonyl (C=O) groups excluding carboxylic acids is 2. The maximum absolute atomic E-state index is 12.3. The smallest absolute Gasteiger partial charge is 0.356 e. The summed E-state index contributed by atoms with van der Waals surface area (Å²) in [6.45, 7) is 9.05. The van der Waals surface area contributed by atoms with Gasteiger partial charge in [-0.15, -0.1) is 0 Å². The number of hydrogen-bond acceptors (Lipinski definition) is 6. The molecule has 0 radical (unpaired) electrons. The van der Waals surface area contributed by atoms with Gasteiger partial charge >= 0.3 is 5.97 Å². The highest BCUT2D eigenvalue weighted by atomic mass is 16.7. The minimum absolute atomic E-state index is 0.0967. The minimum atomic E-state index is -0.827. The Kier molecular flexibility index (Phi) is 4.96. The monoisotopic (exact) mass is 336 g/mol. The standard InChI is InChI=1S/C16H24N4O4/c1-9(11-8-20(6)18-10(11)2)17-14(21)13-7-12(19-24-13)15(22)23-16(3,4)5/h8-9,13H,7H2,1-6H3,(H,17,21)/t9-,13+/m1/s1. The van der Waals surface area contributed by atoms with Gasteiger partial charge in [-0.3, -0.25) is 9.48 Å². The first-order valence-corrected chi connectivity index (χ1v) is 7.83. The fourth-order valence-corrected chi connectivity index (χ4v) is 2.40. The van der Waals surface area contributed by atoms with Crippen LogP contribution in [0.25, 0.3) is 0 Å². The van der Waals surface area contributed by atoms with Crippen molar-refractivity contribution in [3.63, 3.8) is 0 Å². The summed E-state index contributed by atoms with van der Waals surface area (Å²) in [7, 11) is 1.83. The fourth-order valence-electron chi connectivity index (χ4n) is 2.40. The van der Waals surface area contributed by atoms with E-state index in [2.05, 4.69) is 15.6 Å². The molecule has 1 amide bonds. The zero-order valence-electron chi connectivity index (χ0n) is 14.9. The number of carbonyl (C=O) groups is 2. The van der Waals surface area contributed by atoms with Crippen molar-refractivity contribution >= 4 is 17.6 Å². The van der Waals surface area contributed by atoms with Gasteiger partial charge in [0.05, 0.1) is 11.7 Å². The molecule has 2 rings (SSSR count). The van der Waals surface area contributed by atoms with Gasteiger partial charge in [0.25, 0.3) is 5.91 Å². The first-order chi connectivity index (χ1) is 11.1. The second-order valence-electron chi connectivity index (χ2n) is 6.91. The third-order valence-corrected chi connectivity index (χ3v) is 3.47. The SMILES string of the molecule is Cc1nn(C)cc1[C@@H](C)NC(=O)[C@@H]1CC(C(=O)OC(C)(C)C)=NO1. The van der Waals surface area contributed by atoms with Crippen molar-refractivity contribution in [2.75, 3.05) is 0 Å². The van der Waals surface area contributed by atoms with Crippen LogP contribution in [0.4, 0.5) is 0 Å². The molecular weight excluding hydrogens is 312 g/mol. The zero-order chi connectivity index (χ0) is 18.1. The molecule has 0 bridgehead atoms. The predicted molar refractivity (Wildman–Crippen MR) is 87.3 cm³/mol. The lowest BCUT2D eigenvalue weighted by Crippen LogP contribution is -2.37. The number of aryl methyl sites for hydroxylation is 2. The van der Waals surface area contributed by atoms with E-state index in [1.54, 1.807) is 25.5 Å². The summed E-state index contributed by atoms with van der Waals surface area (Å²) in [5.41, 5.74) is 1.28. The van der Waals surface area contributed by atoms with E-state index in [9.17, 15) is 9.59 Å². The van der Waals surface area contributed by atoms with Crippen LogP contribution in [0.1, 0.15) is 51.4 Å². The number of nitrogens with one attached hydrogen (secondary N) is 1. The van der Waals surface area contributed by atoms with Crippen LogP contribution in [0.3, 0.4) is 0 Å². The molecule has 2 atom stereocenters. The second-order valence-corrected chi connectivity index (χ2v) is 6.91. The van der Waals surface area contributed by atoms with Gasteiger partial charge in [-0.05, 0) is 34.6 Å². The number of ether oxygens (including phenoxy) is 1. The number of nitrogens with zero attached hydrogens (tertiary/aromatic N) is 3. The van der Waals surface area contributed by atoms with E-state index in [1.165, 1.54) is 0 Å². The van der Waals surface area contributed by atoms with Gasteiger partial charge in [0.15, 0.2) is 5.71 Å². The van der Waals surface area contributed by atoms with Crippen molar-refractivity contribution in [2.24, 2.45) is 12.2 Å².